The summed E-state index contributed by atoms with van der Waals surface area (Å²) in [6.07, 6.45) is 2.96. The second kappa shape index (κ2) is 2.48. The first-order valence-electron chi connectivity index (χ1n) is 2.92. The van der Waals surface area contributed by atoms with Gasteiger partial charge >= 0.3 is 0 Å². The molecule has 0 spiro atoms. The van der Waals surface area contributed by atoms with Crippen molar-refractivity contribution in [1.82, 2.24) is 0 Å². The third kappa shape index (κ3) is 2.09. The van der Waals surface area contributed by atoms with Gasteiger partial charge in [0.1, 0.15) is 0 Å². The molecule has 1 aliphatic carbocycles. The molecule has 0 aromatic rings. The average Bonchev–Trinajstić information content (AvgIpc) is 2.42. The highest BCUT2D eigenvalue weighted by molar-refractivity contribution is 6.27. The van der Waals surface area contributed by atoms with E-state index in [0.717, 1.165) is 5.92 Å². The molecule has 0 unspecified atom stereocenters. The summed E-state index contributed by atoms with van der Waals surface area (Å²) in [4.78, 5) is 0. The Bertz CT molecular complexity index is 52.0. The zero-order valence-electron chi connectivity index (χ0n) is 4.81. The molecule has 0 aromatic heterocycles. The third-order valence-corrected chi connectivity index (χ3v) is 2.89. The Balaban J connectivity index is 1.80. The van der Waals surface area contributed by atoms with Crippen LogP contribution in [0.3, 0.4) is 0 Å². The van der Waals surface area contributed by atoms with E-state index in [-0.39, 0.29) is 9.76 Å². The van der Waals surface area contributed by atoms with Gasteiger partial charge in [0.25, 0.3) is 0 Å². The van der Waals surface area contributed by atoms with Gasteiger partial charge in [0, 0.05) is 7.11 Å². The average molecular weight is 116 g/mol. The van der Waals surface area contributed by atoms with Gasteiger partial charge in [0.2, 0.25) is 0 Å². The smallest absolute Gasteiger partial charge is 0.161 e. The third-order valence-electron chi connectivity index (χ3n) is 1.43. The number of hydrogen-bond donors (Lipinski definition) is 0. The van der Waals surface area contributed by atoms with Gasteiger partial charge < -0.3 is 4.43 Å². The lowest BCUT2D eigenvalue weighted by Crippen LogP contribution is -1.92. The van der Waals surface area contributed by atoms with Crippen LogP contribution in [0.1, 0.15) is 12.8 Å². The molecule has 0 heterocycles. The first kappa shape index (κ1) is 5.32. The minimum atomic E-state index is -0.0633. The molecular weight excluding hydrogens is 104 g/mol. The molecule has 1 aliphatic rings. The van der Waals surface area contributed by atoms with E-state index in [2.05, 4.69) is 0 Å². The van der Waals surface area contributed by atoms with Crippen LogP contribution in [-0.2, 0) is 4.43 Å². The van der Waals surface area contributed by atoms with Crippen LogP contribution < -0.4 is 0 Å². The van der Waals surface area contributed by atoms with E-state index in [1.54, 1.807) is 0 Å². The quantitative estimate of drug-likeness (QED) is 0.489. The van der Waals surface area contributed by atoms with Gasteiger partial charge in [-0.1, -0.05) is 12.8 Å². The summed E-state index contributed by atoms with van der Waals surface area (Å²) in [6.45, 7) is 0. The molecule has 0 amide bonds. The summed E-state index contributed by atoms with van der Waals surface area (Å²) in [5.74, 6) is 1.09. The highest BCUT2D eigenvalue weighted by Crippen LogP contribution is 2.32. The van der Waals surface area contributed by atoms with Gasteiger partial charge in [-0.05, 0) is 12.0 Å². The summed E-state index contributed by atoms with van der Waals surface area (Å²) in [6, 6.07) is 1.43. The number of rotatable bonds is 3. The molecule has 42 valence electrons. The standard InChI is InChI=1S/C5H12OSi/c1-6-7-4-5-2-3-5/h5H,2-4,7H2,1H3. The Morgan fingerprint density at radius 2 is 2.43 bits per heavy atom. The van der Waals surface area contributed by atoms with Crippen LogP contribution >= 0.6 is 0 Å². The zero-order valence-corrected chi connectivity index (χ0v) is 6.23. The monoisotopic (exact) mass is 116 g/mol. The van der Waals surface area contributed by atoms with Crippen molar-refractivity contribution in [2.45, 2.75) is 18.9 Å². The van der Waals surface area contributed by atoms with Gasteiger partial charge in [-0.2, -0.15) is 0 Å². The topological polar surface area (TPSA) is 9.23 Å². The Morgan fingerprint density at radius 3 is 2.86 bits per heavy atom. The van der Waals surface area contributed by atoms with Crippen LogP contribution in [0, 0.1) is 5.92 Å². The van der Waals surface area contributed by atoms with Crippen molar-refractivity contribution < 1.29 is 4.43 Å². The maximum absolute atomic E-state index is 5.03. The molecule has 1 fully saturated rings. The molecule has 0 aliphatic heterocycles. The van der Waals surface area contributed by atoms with Crippen LogP contribution in [0.5, 0.6) is 0 Å². The van der Waals surface area contributed by atoms with E-state index in [1.807, 2.05) is 7.11 Å². The first-order valence-corrected chi connectivity index (χ1v) is 4.50. The van der Waals surface area contributed by atoms with E-state index < -0.39 is 0 Å². The molecule has 0 N–H and O–H groups in total. The highest BCUT2D eigenvalue weighted by Gasteiger charge is 2.20. The molecule has 0 radical (unpaired) electrons. The Labute approximate surface area is 47.0 Å². The van der Waals surface area contributed by atoms with Crippen LogP contribution in [0.25, 0.3) is 0 Å². The summed E-state index contributed by atoms with van der Waals surface area (Å²) in [5.41, 5.74) is 0. The largest absolute Gasteiger partial charge is 0.427 e. The molecular formula is C5H12OSi. The second-order valence-corrected chi connectivity index (χ2v) is 3.79. The molecule has 0 atom stereocenters. The van der Waals surface area contributed by atoms with Gasteiger partial charge in [-0.15, -0.1) is 0 Å². The van der Waals surface area contributed by atoms with Crippen molar-refractivity contribution in [1.29, 1.82) is 0 Å². The van der Waals surface area contributed by atoms with Crippen LogP contribution in [0.2, 0.25) is 6.04 Å². The maximum Gasteiger partial charge on any atom is 0.161 e. The number of hydrogen-bond acceptors (Lipinski definition) is 1. The van der Waals surface area contributed by atoms with E-state index in [9.17, 15) is 0 Å². The fourth-order valence-corrected chi connectivity index (χ4v) is 1.84. The lowest BCUT2D eigenvalue weighted by atomic mass is 10.5. The van der Waals surface area contributed by atoms with Crippen LogP contribution in [0.4, 0.5) is 0 Å². The van der Waals surface area contributed by atoms with Crippen LogP contribution in [0.15, 0.2) is 0 Å². The molecule has 0 saturated heterocycles. The van der Waals surface area contributed by atoms with E-state index in [4.69, 9.17) is 4.43 Å². The van der Waals surface area contributed by atoms with Crippen molar-refractivity contribution in [3.8, 4) is 0 Å². The van der Waals surface area contributed by atoms with Gasteiger partial charge in [-0.25, -0.2) is 0 Å². The lowest BCUT2D eigenvalue weighted by molar-refractivity contribution is 0.438. The van der Waals surface area contributed by atoms with Gasteiger partial charge in [0.05, 0.1) is 0 Å². The van der Waals surface area contributed by atoms with E-state index in [0.29, 0.717) is 0 Å². The zero-order chi connectivity index (χ0) is 5.11. The summed E-state index contributed by atoms with van der Waals surface area (Å²) in [5, 5.41) is 0. The van der Waals surface area contributed by atoms with Crippen LogP contribution in [-0.4, -0.2) is 16.9 Å². The Hall–Kier alpha value is 0.177. The molecule has 0 aromatic carbocycles. The summed E-state index contributed by atoms with van der Waals surface area (Å²) in [7, 11) is 1.76. The van der Waals surface area contributed by atoms with Crippen molar-refractivity contribution in [3.63, 3.8) is 0 Å². The molecule has 0 bridgehead atoms. The SMILES string of the molecule is CO[SiH2]CC1CC1. The fourth-order valence-electron chi connectivity index (χ4n) is 0.691. The Morgan fingerprint density at radius 1 is 1.71 bits per heavy atom. The predicted octanol–water partition coefficient (Wildman–Crippen LogP) is 0.545. The maximum atomic E-state index is 5.03. The van der Waals surface area contributed by atoms with Crippen molar-refractivity contribution in [2.75, 3.05) is 7.11 Å². The van der Waals surface area contributed by atoms with Crippen molar-refractivity contribution in [2.24, 2.45) is 5.92 Å². The second-order valence-electron chi connectivity index (χ2n) is 2.22. The van der Waals surface area contributed by atoms with Gasteiger partial charge in [0.15, 0.2) is 9.76 Å². The van der Waals surface area contributed by atoms with Crippen molar-refractivity contribution >= 4 is 9.76 Å². The minimum absolute atomic E-state index is 0.0633. The molecule has 7 heavy (non-hydrogen) atoms. The molecule has 1 nitrogen and oxygen atoms in total. The molecule has 1 rings (SSSR count). The molecule has 2 heteroatoms. The minimum Gasteiger partial charge on any atom is -0.427 e. The lowest BCUT2D eigenvalue weighted by Gasteiger charge is -1.90. The predicted molar refractivity (Wildman–Crippen MR) is 33.1 cm³/mol. The van der Waals surface area contributed by atoms with E-state index >= 15 is 0 Å². The van der Waals surface area contributed by atoms with Gasteiger partial charge in [-0.3, -0.25) is 0 Å². The first-order chi connectivity index (χ1) is 3.43. The highest BCUT2D eigenvalue weighted by atomic mass is 28.2. The summed E-state index contributed by atoms with van der Waals surface area (Å²) < 4.78 is 5.03. The summed E-state index contributed by atoms with van der Waals surface area (Å²) >= 11 is 0. The van der Waals surface area contributed by atoms with Crippen molar-refractivity contribution in [3.05, 3.63) is 0 Å². The van der Waals surface area contributed by atoms with E-state index in [1.165, 1.54) is 18.9 Å². The normalized spacial score (nSPS) is 21.9. The fraction of sp³-hybridized carbons (Fsp3) is 1.00. The molecule has 1 saturated carbocycles. The Kier molecular flexibility index (Phi) is 1.88.